The first-order valence-electron chi connectivity index (χ1n) is 8.72. The number of amides is 1. The monoisotopic (exact) mass is 356 g/mol. The summed E-state index contributed by atoms with van der Waals surface area (Å²) in [5, 5.41) is 4.42. The van der Waals surface area contributed by atoms with Crippen LogP contribution in [0.5, 0.6) is 0 Å². The minimum Gasteiger partial charge on any atom is -0.316 e. The molecule has 1 aromatic carbocycles. The number of nitrogens with zero attached hydrogens (tertiary/aromatic N) is 4. The lowest BCUT2D eigenvalue weighted by molar-refractivity contribution is 0.0986. The zero-order chi connectivity index (χ0) is 18.1. The first-order valence-corrected chi connectivity index (χ1v) is 9.54. The van der Waals surface area contributed by atoms with E-state index in [2.05, 4.69) is 46.7 Å². The third-order valence-electron chi connectivity index (χ3n) is 4.25. The fourth-order valence-electron chi connectivity index (χ4n) is 3.08. The van der Waals surface area contributed by atoms with Gasteiger partial charge in [-0.05, 0) is 51.8 Å². The van der Waals surface area contributed by atoms with Crippen molar-refractivity contribution in [3.8, 4) is 0 Å². The van der Waals surface area contributed by atoms with Crippen LogP contribution in [0, 0.1) is 6.92 Å². The molecule has 5 nitrogen and oxygen atoms in total. The molecule has 0 aliphatic carbocycles. The Balaban J connectivity index is 2.18. The quantitative estimate of drug-likeness (QED) is 0.706. The summed E-state index contributed by atoms with van der Waals surface area (Å²) in [6, 6.07) is 8.24. The van der Waals surface area contributed by atoms with Gasteiger partial charge >= 0.3 is 0 Å². The van der Waals surface area contributed by atoms with Gasteiger partial charge < -0.3 is 4.57 Å². The van der Waals surface area contributed by atoms with Crippen LogP contribution in [0.2, 0.25) is 0 Å². The second-order valence-electron chi connectivity index (χ2n) is 6.37. The van der Waals surface area contributed by atoms with Gasteiger partial charge in [-0.15, -0.1) is 0 Å². The van der Waals surface area contributed by atoms with E-state index in [1.807, 2.05) is 26.8 Å². The minimum atomic E-state index is -0.235. The normalized spacial score (nSPS) is 12.5. The van der Waals surface area contributed by atoms with E-state index < -0.39 is 0 Å². The van der Waals surface area contributed by atoms with E-state index in [9.17, 15) is 4.79 Å². The Labute approximate surface area is 151 Å². The smallest absolute Gasteiger partial charge is 0.297 e. The summed E-state index contributed by atoms with van der Waals surface area (Å²) < 4.78 is 5.06. The van der Waals surface area contributed by atoms with Crippen LogP contribution in [0.25, 0.3) is 10.2 Å². The zero-order valence-electron chi connectivity index (χ0n) is 15.4. The third-order valence-corrected chi connectivity index (χ3v) is 5.29. The molecular formula is C19H24N4OS. The molecule has 0 bridgehead atoms. The highest BCUT2D eigenvalue weighted by molar-refractivity contribution is 7.16. The van der Waals surface area contributed by atoms with E-state index in [0.717, 1.165) is 23.5 Å². The van der Waals surface area contributed by atoms with Gasteiger partial charge in [0.25, 0.3) is 5.91 Å². The van der Waals surface area contributed by atoms with Gasteiger partial charge in [0.1, 0.15) is 5.69 Å². The van der Waals surface area contributed by atoms with Crippen LogP contribution >= 0.6 is 11.3 Å². The van der Waals surface area contributed by atoms with Crippen LogP contribution in [0.15, 0.2) is 29.3 Å². The summed E-state index contributed by atoms with van der Waals surface area (Å²) in [5.41, 5.74) is 3.86. The number of hydrogen-bond acceptors (Lipinski definition) is 3. The third kappa shape index (κ3) is 3.18. The van der Waals surface area contributed by atoms with Gasteiger partial charge in [-0.25, -0.2) is 0 Å². The van der Waals surface area contributed by atoms with Crippen molar-refractivity contribution >= 4 is 27.5 Å². The Kier molecular flexibility index (Phi) is 4.90. The molecule has 3 aromatic rings. The molecule has 0 radical (unpaired) electrons. The van der Waals surface area contributed by atoms with Gasteiger partial charge in [0.05, 0.1) is 15.9 Å². The van der Waals surface area contributed by atoms with Crippen molar-refractivity contribution in [2.24, 2.45) is 4.99 Å². The molecule has 0 spiro atoms. The molecule has 0 saturated heterocycles. The molecule has 2 aromatic heterocycles. The molecule has 0 aliphatic rings. The summed E-state index contributed by atoms with van der Waals surface area (Å²) in [6.07, 6.45) is 0.959. The number of rotatable bonds is 4. The van der Waals surface area contributed by atoms with Crippen LogP contribution in [0.3, 0.4) is 0 Å². The standard InChI is InChI=1S/C19H24N4OS/c1-6-14-9-8-10-16-17(14)22(7-2)19(25-16)20-18(24)15-11-13(5)21-23(15)12(3)4/h8-12H,6-7H2,1-5H3. The molecule has 0 saturated carbocycles. The van der Waals surface area contributed by atoms with Gasteiger partial charge in [0, 0.05) is 12.6 Å². The lowest BCUT2D eigenvalue weighted by Gasteiger charge is -2.08. The van der Waals surface area contributed by atoms with Gasteiger partial charge in [0.2, 0.25) is 0 Å². The lowest BCUT2D eigenvalue weighted by atomic mass is 10.1. The summed E-state index contributed by atoms with van der Waals surface area (Å²) >= 11 is 1.57. The molecule has 3 rings (SSSR count). The average Bonchev–Trinajstić information content (AvgIpc) is 3.14. The fraction of sp³-hybridized carbons (Fsp3) is 0.421. The molecule has 6 heteroatoms. The van der Waals surface area contributed by atoms with E-state index in [1.54, 1.807) is 16.0 Å². The van der Waals surface area contributed by atoms with E-state index in [4.69, 9.17) is 0 Å². The summed E-state index contributed by atoms with van der Waals surface area (Å²) in [4.78, 5) is 18.0. The lowest BCUT2D eigenvalue weighted by Crippen LogP contribution is -2.18. The predicted molar refractivity (Wildman–Crippen MR) is 102 cm³/mol. The van der Waals surface area contributed by atoms with Crippen molar-refractivity contribution in [2.45, 2.75) is 53.6 Å². The zero-order valence-corrected chi connectivity index (χ0v) is 16.2. The fourth-order valence-corrected chi connectivity index (χ4v) is 4.22. The topological polar surface area (TPSA) is 52.2 Å². The van der Waals surface area contributed by atoms with Crippen LogP contribution < -0.4 is 4.80 Å². The maximum absolute atomic E-state index is 12.8. The molecule has 0 unspecified atom stereocenters. The highest BCUT2D eigenvalue weighted by Gasteiger charge is 2.16. The van der Waals surface area contributed by atoms with Gasteiger partial charge in [-0.2, -0.15) is 10.1 Å². The molecule has 0 atom stereocenters. The van der Waals surface area contributed by atoms with E-state index in [0.29, 0.717) is 5.69 Å². The maximum atomic E-state index is 12.8. The number of carbonyl (C=O) groups excluding carboxylic acids is 1. The van der Waals surface area contributed by atoms with Crippen LogP contribution in [0.4, 0.5) is 0 Å². The molecular weight excluding hydrogens is 332 g/mol. The Bertz CT molecular complexity index is 991. The van der Waals surface area contributed by atoms with E-state index in [-0.39, 0.29) is 11.9 Å². The molecule has 132 valence electrons. The van der Waals surface area contributed by atoms with Gasteiger partial charge in [-0.3, -0.25) is 9.48 Å². The number of para-hydroxylation sites is 1. The second kappa shape index (κ2) is 6.96. The largest absolute Gasteiger partial charge is 0.316 e. The Hall–Kier alpha value is -2.21. The van der Waals surface area contributed by atoms with E-state index in [1.165, 1.54) is 15.8 Å². The Morgan fingerprint density at radius 1 is 1.32 bits per heavy atom. The highest BCUT2D eigenvalue weighted by Crippen LogP contribution is 2.22. The summed E-state index contributed by atoms with van der Waals surface area (Å²) in [6.45, 7) is 11.0. The van der Waals surface area contributed by atoms with Crippen LogP contribution in [0.1, 0.15) is 55.5 Å². The number of fused-ring (bicyclic) bond motifs is 1. The SMILES string of the molecule is CCc1cccc2sc(=NC(=O)c3cc(C)nn3C(C)C)n(CC)c12. The average molecular weight is 356 g/mol. The van der Waals surface area contributed by atoms with Crippen LogP contribution in [-0.4, -0.2) is 20.3 Å². The van der Waals surface area contributed by atoms with Crippen molar-refractivity contribution in [2.75, 3.05) is 0 Å². The molecule has 0 aliphatic heterocycles. The number of aromatic nitrogens is 3. The molecule has 0 N–H and O–H groups in total. The van der Waals surface area contributed by atoms with Crippen molar-refractivity contribution in [3.63, 3.8) is 0 Å². The summed E-state index contributed by atoms with van der Waals surface area (Å²) in [5.74, 6) is -0.235. The first kappa shape index (κ1) is 17.6. The molecule has 2 heterocycles. The van der Waals surface area contributed by atoms with Crippen molar-refractivity contribution in [3.05, 3.63) is 46.0 Å². The molecule has 25 heavy (non-hydrogen) atoms. The highest BCUT2D eigenvalue weighted by atomic mass is 32.1. The first-order chi connectivity index (χ1) is 12.0. The molecule has 1 amide bonds. The number of aryl methyl sites for hydroxylation is 3. The van der Waals surface area contributed by atoms with E-state index >= 15 is 0 Å². The van der Waals surface area contributed by atoms with Crippen molar-refractivity contribution in [1.82, 2.24) is 14.3 Å². The van der Waals surface area contributed by atoms with Crippen molar-refractivity contribution in [1.29, 1.82) is 0 Å². The van der Waals surface area contributed by atoms with Crippen LogP contribution in [-0.2, 0) is 13.0 Å². The summed E-state index contributed by atoms with van der Waals surface area (Å²) in [7, 11) is 0. The van der Waals surface area contributed by atoms with Crippen molar-refractivity contribution < 1.29 is 4.79 Å². The van der Waals surface area contributed by atoms with Gasteiger partial charge in [-0.1, -0.05) is 30.4 Å². The predicted octanol–water partition coefficient (Wildman–Crippen LogP) is 4.11. The number of benzene rings is 1. The Morgan fingerprint density at radius 3 is 2.72 bits per heavy atom. The Morgan fingerprint density at radius 2 is 2.08 bits per heavy atom. The minimum absolute atomic E-state index is 0.121. The number of carbonyl (C=O) groups is 1. The van der Waals surface area contributed by atoms with Gasteiger partial charge in [0.15, 0.2) is 4.80 Å². The number of thiazole rings is 1. The number of hydrogen-bond donors (Lipinski definition) is 0. The maximum Gasteiger partial charge on any atom is 0.297 e. The second-order valence-corrected chi connectivity index (χ2v) is 7.38. The molecule has 0 fully saturated rings.